The summed E-state index contributed by atoms with van der Waals surface area (Å²) >= 11 is 7.34. The number of H-pyrrole nitrogens is 1. The van der Waals surface area contributed by atoms with Crippen molar-refractivity contribution in [2.24, 2.45) is 0 Å². The number of ether oxygens (including phenoxy) is 1. The number of hydrogen-bond acceptors (Lipinski definition) is 5. The third-order valence-electron chi connectivity index (χ3n) is 3.18. The van der Waals surface area contributed by atoms with Gasteiger partial charge in [0.2, 0.25) is 0 Å². The van der Waals surface area contributed by atoms with E-state index < -0.39 is 24.4 Å². The fourth-order valence-electron chi connectivity index (χ4n) is 2.08. The SMILES string of the molecule is O=C(COC(=O)c1[nH]c2ccccc2c1Cl)NC(=O)c1cccs1. The smallest absolute Gasteiger partial charge is 0.356 e. The molecule has 2 aromatic heterocycles. The highest BCUT2D eigenvalue weighted by Crippen LogP contribution is 2.27. The lowest BCUT2D eigenvalue weighted by atomic mass is 10.2. The van der Waals surface area contributed by atoms with Gasteiger partial charge in [0.1, 0.15) is 5.69 Å². The number of amides is 2. The van der Waals surface area contributed by atoms with Crippen molar-refractivity contribution in [2.45, 2.75) is 0 Å². The predicted octanol–water partition coefficient (Wildman–Crippen LogP) is 3.00. The van der Waals surface area contributed by atoms with Crippen LogP contribution in [0.2, 0.25) is 5.02 Å². The van der Waals surface area contributed by atoms with Gasteiger partial charge in [-0.1, -0.05) is 35.9 Å². The Morgan fingerprint density at radius 2 is 1.96 bits per heavy atom. The number of aromatic amines is 1. The molecule has 0 aliphatic carbocycles. The molecule has 3 aromatic rings. The van der Waals surface area contributed by atoms with Gasteiger partial charge in [0.05, 0.1) is 9.90 Å². The summed E-state index contributed by atoms with van der Waals surface area (Å²) in [6, 6.07) is 10.4. The maximum absolute atomic E-state index is 12.1. The molecule has 122 valence electrons. The number of para-hydroxylation sites is 1. The van der Waals surface area contributed by atoms with Crippen LogP contribution < -0.4 is 5.32 Å². The highest BCUT2D eigenvalue weighted by atomic mass is 35.5. The van der Waals surface area contributed by atoms with Crippen molar-refractivity contribution >= 4 is 51.6 Å². The minimum atomic E-state index is -0.769. The zero-order chi connectivity index (χ0) is 17.1. The highest BCUT2D eigenvalue weighted by Gasteiger charge is 2.19. The van der Waals surface area contributed by atoms with E-state index in [1.54, 1.807) is 41.8 Å². The van der Waals surface area contributed by atoms with Gasteiger partial charge in [-0.25, -0.2) is 4.79 Å². The fourth-order valence-corrected chi connectivity index (χ4v) is 2.99. The molecule has 0 fully saturated rings. The van der Waals surface area contributed by atoms with E-state index in [1.807, 2.05) is 0 Å². The largest absolute Gasteiger partial charge is 0.451 e. The Kier molecular flexibility index (Phi) is 4.64. The van der Waals surface area contributed by atoms with Crippen LogP contribution in [0.15, 0.2) is 41.8 Å². The molecular formula is C16H11ClN2O4S. The molecule has 1 aromatic carbocycles. The van der Waals surface area contributed by atoms with Crippen LogP contribution in [0.5, 0.6) is 0 Å². The van der Waals surface area contributed by atoms with E-state index in [0.29, 0.717) is 15.8 Å². The molecule has 0 radical (unpaired) electrons. The van der Waals surface area contributed by atoms with Crippen LogP contribution in [0.25, 0.3) is 10.9 Å². The standard InChI is InChI=1S/C16H11ClN2O4S/c17-13-9-4-1-2-5-10(9)18-14(13)16(22)23-8-12(20)19-15(21)11-6-3-7-24-11/h1-7,18H,8H2,(H,19,20,21). The summed E-state index contributed by atoms with van der Waals surface area (Å²) in [6.07, 6.45) is 0. The Bertz CT molecular complexity index is 917. The quantitative estimate of drug-likeness (QED) is 0.698. The molecule has 0 spiro atoms. The summed E-state index contributed by atoms with van der Waals surface area (Å²) in [5.74, 6) is -2.02. The maximum atomic E-state index is 12.1. The summed E-state index contributed by atoms with van der Waals surface area (Å²) in [7, 11) is 0. The Morgan fingerprint density at radius 1 is 1.17 bits per heavy atom. The van der Waals surface area contributed by atoms with E-state index in [2.05, 4.69) is 10.3 Å². The van der Waals surface area contributed by atoms with Gasteiger partial charge in [0.15, 0.2) is 6.61 Å². The second-order valence-corrected chi connectivity index (χ2v) is 6.12. The van der Waals surface area contributed by atoms with Gasteiger partial charge in [-0.15, -0.1) is 11.3 Å². The Labute approximate surface area is 145 Å². The summed E-state index contributed by atoms with van der Waals surface area (Å²) in [5, 5.41) is 4.77. The molecule has 0 aliphatic heterocycles. The third kappa shape index (κ3) is 3.32. The fraction of sp³-hybridized carbons (Fsp3) is 0.0625. The monoisotopic (exact) mass is 362 g/mol. The van der Waals surface area contributed by atoms with Crippen LogP contribution in [-0.2, 0) is 9.53 Å². The van der Waals surface area contributed by atoms with E-state index >= 15 is 0 Å². The summed E-state index contributed by atoms with van der Waals surface area (Å²) < 4.78 is 4.90. The Morgan fingerprint density at radius 3 is 2.67 bits per heavy atom. The molecule has 24 heavy (non-hydrogen) atoms. The minimum absolute atomic E-state index is 0.0650. The maximum Gasteiger partial charge on any atom is 0.356 e. The first-order valence-corrected chi connectivity index (χ1v) is 8.13. The second-order valence-electron chi connectivity index (χ2n) is 4.79. The van der Waals surface area contributed by atoms with Gasteiger partial charge < -0.3 is 9.72 Å². The number of carbonyl (C=O) groups is 3. The first-order valence-electron chi connectivity index (χ1n) is 6.87. The zero-order valence-electron chi connectivity index (χ0n) is 12.2. The van der Waals surface area contributed by atoms with Crippen LogP contribution in [0.4, 0.5) is 0 Å². The molecule has 0 unspecified atom stereocenters. The summed E-state index contributed by atoms with van der Waals surface area (Å²) in [6.45, 7) is -0.582. The molecule has 0 aliphatic rings. The van der Waals surface area contributed by atoms with Crippen molar-refractivity contribution in [3.63, 3.8) is 0 Å². The molecule has 6 nitrogen and oxygen atoms in total. The lowest BCUT2D eigenvalue weighted by molar-refractivity contribution is -0.123. The van der Waals surface area contributed by atoms with E-state index in [9.17, 15) is 14.4 Å². The molecule has 8 heteroatoms. The molecule has 3 rings (SSSR count). The Balaban J connectivity index is 1.61. The van der Waals surface area contributed by atoms with Crippen molar-refractivity contribution in [1.82, 2.24) is 10.3 Å². The highest BCUT2D eigenvalue weighted by molar-refractivity contribution is 7.12. The molecule has 0 bridgehead atoms. The molecule has 0 atom stereocenters. The average Bonchev–Trinajstić information content (AvgIpc) is 3.21. The number of carbonyl (C=O) groups excluding carboxylic acids is 3. The van der Waals surface area contributed by atoms with Crippen molar-refractivity contribution in [2.75, 3.05) is 6.61 Å². The molecule has 0 saturated carbocycles. The van der Waals surface area contributed by atoms with Gasteiger partial charge in [-0.3, -0.25) is 14.9 Å². The van der Waals surface area contributed by atoms with Crippen molar-refractivity contribution in [1.29, 1.82) is 0 Å². The number of thiophene rings is 1. The van der Waals surface area contributed by atoms with Crippen molar-refractivity contribution in [3.05, 3.63) is 57.4 Å². The lowest BCUT2D eigenvalue weighted by Crippen LogP contribution is -2.33. The lowest BCUT2D eigenvalue weighted by Gasteiger charge is -2.04. The first-order chi connectivity index (χ1) is 11.6. The molecule has 2 amide bonds. The van der Waals surface area contributed by atoms with Crippen LogP contribution >= 0.6 is 22.9 Å². The number of nitrogens with one attached hydrogen (secondary N) is 2. The van der Waals surface area contributed by atoms with E-state index in [-0.39, 0.29) is 10.7 Å². The van der Waals surface area contributed by atoms with Crippen LogP contribution in [0.3, 0.4) is 0 Å². The second kappa shape index (κ2) is 6.86. The van der Waals surface area contributed by atoms with Gasteiger partial charge in [-0.2, -0.15) is 0 Å². The van der Waals surface area contributed by atoms with Crippen molar-refractivity contribution in [3.8, 4) is 0 Å². The normalized spacial score (nSPS) is 10.5. The van der Waals surface area contributed by atoms with Crippen LogP contribution in [0.1, 0.15) is 20.2 Å². The van der Waals surface area contributed by atoms with Gasteiger partial charge in [0.25, 0.3) is 11.8 Å². The number of fused-ring (bicyclic) bond motifs is 1. The molecule has 2 N–H and O–H groups in total. The number of halogens is 1. The van der Waals surface area contributed by atoms with Gasteiger partial charge >= 0.3 is 5.97 Å². The number of rotatable bonds is 4. The minimum Gasteiger partial charge on any atom is -0.451 e. The molecule has 0 saturated heterocycles. The number of hydrogen-bond donors (Lipinski definition) is 2. The van der Waals surface area contributed by atoms with Crippen LogP contribution in [0, 0.1) is 0 Å². The van der Waals surface area contributed by atoms with Gasteiger partial charge in [0, 0.05) is 10.9 Å². The summed E-state index contributed by atoms with van der Waals surface area (Å²) in [4.78, 5) is 38.7. The summed E-state index contributed by atoms with van der Waals surface area (Å²) in [5.41, 5.74) is 0.752. The predicted molar refractivity (Wildman–Crippen MR) is 90.4 cm³/mol. The van der Waals surface area contributed by atoms with E-state index in [4.69, 9.17) is 16.3 Å². The first kappa shape index (κ1) is 16.2. The zero-order valence-corrected chi connectivity index (χ0v) is 13.7. The van der Waals surface area contributed by atoms with Gasteiger partial charge in [-0.05, 0) is 17.5 Å². The van der Waals surface area contributed by atoms with E-state index in [0.717, 1.165) is 0 Å². The topological polar surface area (TPSA) is 88.3 Å². The third-order valence-corrected chi connectivity index (χ3v) is 4.44. The average molecular weight is 363 g/mol. The Hall–Kier alpha value is -2.64. The van der Waals surface area contributed by atoms with E-state index in [1.165, 1.54) is 11.3 Å². The number of imide groups is 1. The number of aromatic nitrogens is 1. The van der Waals surface area contributed by atoms with Crippen molar-refractivity contribution < 1.29 is 19.1 Å². The number of esters is 1. The molecular weight excluding hydrogens is 352 g/mol. The molecule has 2 heterocycles. The van der Waals surface area contributed by atoms with Crippen LogP contribution in [-0.4, -0.2) is 29.4 Å². The number of benzene rings is 1.